The summed E-state index contributed by atoms with van der Waals surface area (Å²) in [5, 5.41) is 8.91. The molecular formula is C28H36BrN3O6. The van der Waals surface area contributed by atoms with Gasteiger partial charge in [0.25, 0.3) is 5.91 Å². The van der Waals surface area contributed by atoms with Gasteiger partial charge in [0.05, 0.1) is 6.61 Å². The van der Waals surface area contributed by atoms with E-state index in [0.717, 1.165) is 16.5 Å². The highest BCUT2D eigenvalue weighted by atomic mass is 79.9. The molecule has 0 saturated heterocycles. The molecule has 0 aromatic heterocycles. The van der Waals surface area contributed by atoms with Crippen LogP contribution in [0.15, 0.2) is 58.0 Å². The van der Waals surface area contributed by atoms with E-state index >= 15 is 0 Å². The van der Waals surface area contributed by atoms with Gasteiger partial charge < -0.3 is 19.3 Å². The zero-order valence-electron chi connectivity index (χ0n) is 22.1. The van der Waals surface area contributed by atoms with Gasteiger partial charge in [-0.15, -0.1) is 0 Å². The number of carbonyl (C=O) groups is 2. The molecule has 1 aliphatic heterocycles. The molecule has 1 heterocycles. The molecule has 0 spiro atoms. The van der Waals surface area contributed by atoms with Gasteiger partial charge in [0.15, 0.2) is 5.54 Å². The van der Waals surface area contributed by atoms with Crippen molar-refractivity contribution in [3.63, 3.8) is 0 Å². The Morgan fingerprint density at radius 2 is 1.84 bits per heavy atom. The summed E-state index contributed by atoms with van der Waals surface area (Å²) in [6.07, 6.45) is 1.41. The van der Waals surface area contributed by atoms with Crippen molar-refractivity contribution in [2.75, 3.05) is 26.4 Å². The SMILES string of the molecule is CC(C)(C)OC(=O)CC[C@@]1(C(=O)NNCCc2ccc(Br)cc2)COC(c2ccc(OCCCO)cc2)=N1. The average molecular weight is 591 g/mol. The Kier molecular flexibility index (Phi) is 10.7. The normalized spacial score (nSPS) is 16.9. The van der Waals surface area contributed by atoms with Crippen LogP contribution < -0.4 is 15.6 Å². The van der Waals surface area contributed by atoms with Crippen LogP contribution in [0.25, 0.3) is 0 Å². The van der Waals surface area contributed by atoms with Gasteiger partial charge in [-0.3, -0.25) is 15.0 Å². The number of halogens is 1. The summed E-state index contributed by atoms with van der Waals surface area (Å²) < 4.78 is 17.9. The number of amides is 1. The van der Waals surface area contributed by atoms with Gasteiger partial charge in [-0.05, 0) is 75.6 Å². The van der Waals surface area contributed by atoms with Crippen LogP contribution in [0.1, 0.15) is 51.2 Å². The Morgan fingerprint density at radius 3 is 2.50 bits per heavy atom. The molecule has 0 radical (unpaired) electrons. The molecule has 1 amide bonds. The molecule has 9 nitrogen and oxygen atoms in total. The minimum Gasteiger partial charge on any atom is -0.494 e. The van der Waals surface area contributed by atoms with E-state index in [9.17, 15) is 9.59 Å². The number of carbonyl (C=O) groups excluding carboxylic acids is 2. The number of benzene rings is 2. The van der Waals surface area contributed by atoms with Gasteiger partial charge in [0, 0.05) is 36.0 Å². The molecule has 0 bridgehead atoms. The Balaban J connectivity index is 1.68. The van der Waals surface area contributed by atoms with E-state index in [-0.39, 0.29) is 32.0 Å². The van der Waals surface area contributed by atoms with Crippen molar-refractivity contribution in [2.24, 2.45) is 4.99 Å². The van der Waals surface area contributed by atoms with Crippen LogP contribution >= 0.6 is 15.9 Å². The number of hydrogen-bond acceptors (Lipinski definition) is 8. The number of hydrazine groups is 1. The number of rotatable bonds is 13. The van der Waals surface area contributed by atoms with Gasteiger partial charge >= 0.3 is 5.97 Å². The predicted octanol–water partition coefficient (Wildman–Crippen LogP) is 3.71. The quantitative estimate of drug-likeness (QED) is 0.185. The van der Waals surface area contributed by atoms with Crippen molar-refractivity contribution < 1.29 is 28.9 Å². The molecule has 0 fully saturated rings. The molecule has 2 aromatic carbocycles. The summed E-state index contributed by atoms with van der Waals surface area (Å²) in [5.41, 5.74) is 5.64. The molecule has 38 heavy (non-hydrogen) atoms. The maximum absolute atomic E-state index is 13.3. The molecule has 1 aliphatic rings. The summed E-state index contributed by atoms with van der Waals surface area (Å²) >= 11 is 3.42. The highest BCUT2D eigenvalue weighted by Crippen LogP contribution is 2.28. The second-order valence-corrected chi connectivity index (χ2v) is 10.9. The molecule has 1 atom stereocenters. The highest BCUT2D eigenvalue weighted by molar-refractivity contribution is 9.10. The Hall–Kier alpha value is -2.95. The van der Waals surface area contributed by atoms with E-state index in [2.05, 4.69) is 31.8 Å². The molecule has 0 aliphatic carbocycles. The van der Waals surface area contributed by atoms with Gasteiger partial charge in [-0.2, -0.15) is 0 Å². The third-order valence-electron chi connectivity index (χ3n) is 5.67. The fourth-order valence-corrected chi connectivity index (χ4v) is 3.98. The zero-order valence-corrected chi connectivity index (χ0v) is 23.7. The van der Waals surface area contributed by atoms with Crippen LogP contribution in [-0.4, -0.2) is 60.4 Å². The Morgan fingerprint density at radius 1 is 1.13 bits per heavy atom. The van der Waals surface area contributed by atoms with Crippen LogP contribution in [0.4, 0.5) is 0 Å². The van der Waals surface area contributed by atoms with Crippen molar-refractivity contribution in [2.45, 2.75) is 57.6 Å². The van der Waals surface area contributed by atoms with Crippen LogP contribution in [0.3, 0.4) is 0 Å². The minimum absolute atomic E-state index is 0.000107. The monoisotopic (exact) mass is 589 g/mol. The van der Waals surface area contributed by atoms with Crippen LogP contribution in [0, 0.1) is 0 Å². The van der Waals surface area contributed by atoms with Crippen molar-refractivity contribution in [3.05, 3.63) is 64.1 Å². The molecule has 2 aromatic rings. The summed E-state index contributed by atoms with van der Waals surface area (Å²) in [6.45, 7) is 6.40. The third-order valence-corrected chi connectivity index (χ3v) is 6.20. The average Bonchev–Trinajstić information content (AvgIpc) is 3.32. The molecule has 0 unspecified atom stereocenters. The van der Waals surface area contributed by atoms with Crippen LogP contribution in [0.5, 0.6) is 5.75 Å². The number of ether oxygens (including phenoxy) is 3. The number of nitrogens with zero attached hydrogens (tertiary/aromatic N) is 1. The first-order valence-electron chi connectivity index (χ1n) is 12.7. The van der Waals surface area contributed by atoms with Crippen LogP contribution in [0.2, 0.25) is 0 Å². The number of hydrogen-bond donors (Lipinski definition) is 3. The topological polar surface area (TPSA) is 118 Å². The number of esters is 1. The lowest BCUT2D eigenvalue weighted by atomic mass is 9.94. The second-order valence-electron chi connectivity index (χ2n) is 10.0. The molecule has 0 saturated carbocycles. The van der Waals surface area contributed by atoms with E-state index in [1.54, 1.807) is 45.0 Å². The first-order chi connectivity index (χ1) is 18.1. The van der Waals surface area contributed by atoms with Gasteiger partial charge in [0.1, 0.15) is 18.0 Å². The molecular weight excluding hydrogens is 554 g/mol. The minimum atomic E-state index is -1.28. The number of aliphatic hydroxyl groups excluding tert-OH is 1. The van der Waals surface area contributed by atoms with Crippen molar-refractivity contribution in [1.29, 1.82) is 0 Å². The van der Waals surface area contributed by atoms with Gasteiger partial charge in [-0.25, -0.2) is 10.4 Å². The fraction of sp³-hybridized carbons (Fsp3) is 0.464. The molecule has 3 rings (SSSR count). The first kappa shape index (κ1) is 29.6. The molecule has 206 valence electrons. The standard InChI is InChI=1S/C28H36BrN3O6/c1-27(2,3)38-24(34)13-15-28(26(35)32-30-16-14-20-5-9-22(29)10-6-20)19-37-25(31-28)21-7-11-23(12-8-21)36-18-4-17-33/h5-12,30,33H,4,13-19H2,1-3H3,(H,32,35)/t28-/m0/s1. The van der Waals surface area contributed by atoms with Gasteiger partial charge in [0.2, 0.25) is 5.90 Å². The lowest BCUT2D eigenvalue weighted by Crippen LogP contribution is -2.52. The lowest BCUT2D eigenvalue weighted by molar-refractivity contribution is -0.155. The second kappa shape index (κ2) is 13.7. The largest absolute Gasteiger partial charge is 0.494 e. The van der Waals surface area contributed by atoms with Gasteiger partial charge in [-0.1, -0.05) is 28.1 Å². The first-order valence-corrected chi connectivity index (χ1v) is 13.5. The number of aliphatic hydroxyl groups is 1. The lowest BCUT2D eigenvalue weighted by Gasteiger charge is -2.24. The van der Waals surface area contributed by atoms with Crippen molar-refractivity contribution in [3.8, 4) is 5.75 Å². The maximum Gasteiger partial charge on any atom is 0.306 e. The molecule has 3 N–H and O–H groups in total. The smallest absolute Gasteiger partial charge is 0.306 e. The third kappa shape index (κ3) is 9.11. The fourth-order valence-electron chi connectivity index (χ4n) is 3.72. The molecule has 10 heteroatoms. The Bertz CT molecular complexity index is 1100. The summed E-state index contributed by atoms with van der Waals surface area (Å²) in [4.78, 5) is 30.4. The number of aliphatic imine (C=N–C) groups is 1. The van der Waals surface area contributed by atoms with E-state index < -0.39 is 17.1 Å². The number of nitrogens with one attached hydrogen (secondary N) is 2. The van der Waals surface area contributed by atoms with Crippen molar-refractivity contribution in [1.82, 2.24) is 10.9 Å². The van der Waals surface area contributed by atoms with E-state index in [4.69, 9.17) is 19.3 Å². The summed E-state index contributed by atoms with van der Waals surface area (Å²) in [5.74, 6) is 0.197. The highest BCUT2D eigenvalue weighted by Gasteiger charge is 2.45. The zero-order chi connectivity index (χ0) is 27.6. The van der Waals surface area contributed by atoms with Crippen molar-refractivity contribution >= 4 is 33.7 Å². The van der Waals surface area contributed by atoms with E-state index in [1.165, 1.54) is 0 Å². The predicted molar refractivity (Wildman–Crippen MR) is 148 cm³/mol. The maximum atomic E-state index is 13.3. The summed E-state index contributed by atoms with van der Waals surface area (Å²) in [7, 11) is 0. The van der Waals surface area contributed by atoms with Crippen LogP contribution in [-0.2, 0) is 25.5 Å². The van der Waals surface area contributed by atoms with E-state index in [0.29, 0.717) is 36.8 Å². The Labute approximate surface area is 232 Å². The van der Waals surface area contributed by atoms with E-state index in [1.807, 2.05) is 24.3 Å². The summed E-state index contributed by atoms with van der Waals surface area (Å²) in [6, 6.07) is 15.1.